The number of hydrogen-bond donors (Lipinski definition) is 1. The van der Waals surface area contributed by atoms with Crippen molar-refractivity contribution in [2.45, 2.75) is 18.7 Å². The molecule has 128 valence electrons. The van der Waals surface area contributed by atoms with Crippen molar-refractivity contribution in [1.82, 2.24) is 4.31 Å². The van der Waals surface area contributed by atoms with Gasteiger partial charge in [-0.3, -0.25) is 0 Å². The minimum absolute atomic E-state index is 0.387. The molecule has 0 saturated carbocycles. The van der Waals surface area contributed by atoms with Crippen molar-refractivity contribution in [1.29, 1.82) is 0 Å². The number of hydrogen-bond acceptors (Lipinski definition) is 2. The van der Waals surface area contributed by atoms with Crippen molar-refractivity contribution < 1.29 is 13.3 Å². The van der Waals surface area contributed by atoms with Crippen LogP contribution in [0.1, 0.15) is 12.5 Å². The van der Waals surface area contributed by atoms with Crippen molar-refractivity contribution in [3.63, 3.8) is 0 Å². The summed E-state index contributed by atoms with van der Waals surface area (Å²) in [5.41, 5.74) is 3.35. The van der Waals surface area contributed by atoms with E-state index in [-0.39, 0.29) is 0 Å². The zero-order valence-electron chi connectivity index (χ0n) is 14.3. The van der Waals surface area contributed by atoms with Gasteiger partial charge in [0, 0.05) is 0 Å². The molecular formula is C19H25N2O2S+. The molecule has 1 saturated heterocycles. The molecule has 0 radical (unpaired) electrons. The van der Waals surface area contributed by atoms with Gasteiger partial charge in [-0.2, -0.15) is 4.31 Å². The maximum absolute atomic E-state index is 12.8. The van der Waals surface area contributed by atoms with Crippen LogP contribution >= 0.6 is 0 Å². The van der Waals surface area contributed by atoms with Gasteiger partial charge < -0.3 is 4.90 Å². The van der Waals surface area contributed by atoms with Crippen LogP contribution in [-0.4, -0.2) is 45.4 Å². The maximum atomic E-state index is 12.8. The van der Waals surface area contributed by atoms with Crippen molar-refractivity contribution in [2.24, 2.45) is 0 Å². The van der Waals surface area contributed by atoms with Gasteiger partial charge in [0.1, 0.15) is 0 Å². The summed E-state index contributed by atoms with van der Waals surface area (Å²) < 4.78 is 27.2. The number of sulfonamides is 1. The van der Waals surface area contributed by atoms with E-state index < -0.39 is 10.0 Å². The first kappa shape index (κ1) is 17.1. The topological polar surface area (TPSA) is 41.8 Å². The second-order valence-corrected chi connectivity index (χ2v) is 8.34. The summed E-state index contributed by atoms with van der Waals surface area (Å²) in [4.78, 5) is 1.86. The normalized spacial score (nSPS) is 17.1. The molecule has 2 aromatic rings. The maximum Gasteiger partial charge on any atom is 0.243 e. The van der Waals surface area contributed by atoms with Crippen LogP contribution in [0.25, 0.3) is 11.1 Å². The summed E-state index contributed by atoms with van der Waals surface area (Å²) in [6.45, 7) is 8.23. The molecule has 2 aromatic carbocycles. The number of piperazine rings is 1. The fourth-order valence-corrected chi connectivity index (χ4v) is 4.55. The molecule has 1 aliphatic heterocycles. The Kier molecular flexibility index (Phi) is 5.04. The summed E-state index contributed by atoms with van der Waals surface area (Å²) in [5, 5.41) is 0. The average molecular weight is 345 g/mol. The lowest BCUT2D eigenvalue weighted by Crippen LogP contribution is -3.14. The average Bonchev–Trinajstić information content (AvgIpc) is 2.62. The van der Waals surface area contributed by atoms with E-state index in [0.717, 1.165) is 30.8 Å². The van der Waals surface area contributed by atoms with Gasteiger partial charge in [-0.1, -0.05) is 42.0 Å². The van der Waals surface area contributed by atoms with Crippen molar-refractivity contribution in [3.8, 4) is 11.1 Å². The first-order valence-electron chi connectivity index (χ1n) is 8.51. The quantitative estimate of drug-likeness (QED) is 0.914. The minimum atomic E-state index is -3.38. The number of rotatable bonds is 4. The predicted octanol–water partition coefficient (Wildman–Crippen LogP) is 1.57. The summed E-state index contributed by atoms with van der Waals surface area (Å²) in [7, 11) is -3.38. The molecule has 24 heavy (non-hydrogen) atoms. The fraction of sp³-hybridized carbons (Fsp3) is 0.368. The smallest absolute Gasteiger partial charge is 0.243 e. The number of benzene rings is 2. The van der Waals surface area contributed by atoms with Crippen LogP contribution in [0.3, 0.4) is 0 Å². The Morgan fingerprint density at radius 1 is 0.917 bits per heavy atom. The number of nitrogens with one attached hydrogen (secondary N) is 1. The second-order valence-electron chi connectivity index (χ2n) is 6.40. The molecule has 1 aliphatic rings. The third-order valence-electron chi connectivity index (χ3n) is 4.81. The highest BCUT2D eigenvalue weighted by molar-refractivity contribution is 7.89. The van der Waals surface area contributed by atoms with E-state index in [2.05, 4.69) is 38.1 Å². The van der Waals surface area contributed by atoms with Crippen LogP contribution in [0.5, 0.6) is 0 Å². The molecular weight excluding hydrogens is 320 g/mol. The molecule has 0 aromatic heterocycles. The van der Waals surface area contributed by atoms with Gasteiger partial charge in [0.25, 0.3) is 0 Å². The molecule has 1 N–H and O–H groups in total. The number of nitrogens with zero attached hydrogens (tertiary/aromatic N) is 1. The Morgan fingerprint density at radius 3 is 1.92 bits per heavy atom. The summed E-state index contributed by atoms with van der Waals surface area (Å²) in [6.07, 6.45) is 0. The monoisotopic (exact) mass is 345 g/mol. The predicted molar refractivity (Wildman–Crippen MR) is 96.6 cm³/mol. The van der Waals surface area contributed by atoms with E-state index in [1.807, 2.05) is 12.1 Å². The number of aryl methyl sites for hydroxylation is 1. The van der Waals surface area contributed by atoms with Gasteiger partial charge in [-0.05, 0) is 37.1 Å². The zero-order valence-corrected chi connectivity index (χ0v) is 15.1. The van der Waals surface area contributed by atoms with Crippen LogP contribution < -0.4 is 4.90 Å². The molecule has 1 fully saturated rings. The summed E-state index contributed by atoms with van der Waals surface area (Å²) >= 11 is 0. The fourth-order valence-electron chi connectivity index (χ4n) is 3.11. The lowest BCUT2D eigenvalue weighted by atomic mass is 10.0. The van der Waals surface area contributed by atoms with Gasteiger partial charge >= 0.3 is 0 Å². The van der Waals surface area contributed by atoms with E-state index in [1.54, 1.807) is 16.4 Å². The highest BCUT2D eigenvalue weighted by Crippen LogP contribution is 2.23. The Hall–Kier alpha value is -1.69. The van der Waals surface area contributed by atoms with E-state index in [1.165, 1.54) is 10.5 Å². The van der Waals surface area contributed by atoms with Crippen molar-refractivity contribution in [2.75, 3.05) is 32.7 Å². The van der Waals surface area contributed by atoms with Crippen molar-refractivity contribution >= 4 is 10.0 Å². The third-order valence-corrected chi connectivity index (χ3v) is 6.72. The minimum Gasteiger partial charge on any atom is -0.333 e. The zero-order chi connectivity index (χ0) is 17.2. The molecule has 0 amide bonds. The molecule has 0 atom stereocenters. The SMILES string of the molecule is CC[NH+]1CCN(S(=O)(=O)c2ccc(-c3ccc(C)cc3)cc2)CC1. The van der Waals surface area contributed by atoms with Gasteiger partial charge in [0.15, 0.2) is 0 Å². The third kappa shape index (κ3) is 3.53. The first-order chi connectivity index (χ1) is 11.5. The number of likely N-dealkylation sites (N-methyl/N-ethyl adjacent to an activating group) is 1. The molecule has 3 rings (SSSR count). The van der Waals surface area contributed by atoms with E-state index in [0.29, 0.717) is 18.0 Å². The highest BCUT2D eigenvalue weighted by atomic mass is 32.2. The largest absolute Gasteiger partial charge is 0.333 e. The molecule has 0 spiro atoms. The Labute approximate surface area is 144 Å². The van der Waals surface area contributed by atoms with Gasteiger partial charge in [-0.25, -0.2) is 8.42 Å². The Morgan fingerprint density at radius 2 is 1.42 bits per heavy atom. The summed E-state index contributed by atoms with van der Waals surface area (Å²) in [6, 6.07) is 15.5. The number of quaternary nitrogens is 1. The molecule has 4 nitrogen and oxygen atoms in total. The highest BCUT2D eigenvalue weighted by Gasteiger charge is 2.29. The Bertz CT molecular complexity index is 775. The standard InChI is InChI=1S/C19H24N2O2S/c1-3-20-12-14-21(15-13-20)24(22,23)19-10-8-18(9-11-19)17-6-4-16(2)5-7-17/h4-11H,3,12-15H2,1-2H3/p+1. The van der Waals surface area contributed by atoms with Gasteiger partial charge in [-0.15, -0.1) is 0 Å². The lowest BCUT2D eigenvalue weighted by Gasteiger charge is -2.30. The molecule has 0 unspecified atom stereocenters. The van der Waals surface area contributed by atoms with Crippen LogP contribution in [0, 0.1) is 6.92 Å². The molecule has 5 heteroatoms. The van der Waals surface area contributed by atoms with Crippen LogP contribution in [0.15, 0.2) is 53.4 Å². The van der Waals surface area contributed by atoms with E-state index in [4.69, 9.17) is 0 Å². The second kappa shape index (κ2) is 7.05. The lowest BCUT2D eigenvalue weighted by molar-refractivity contribution is -0.901. The van der Waals surface area contributed by atoms with E-state index >= 15 is 0 Å². The van der Waals surface area contributed by atoms with Crippen molar-refractivity contribution in [3.05, 3.63) is 54.1 Å². The van der Waals surface area contributed by atoms with Crippen LogP contribution in [0.2, 0.25) is 0 Å². The van der Waals surface area contributed by atoms with Crippen LogP contribution in [-0.2, 0) is 10.0 Å². The van der Waals surface area contributed by atoms with Gasteiger partial charge in [0.05, 0.1) is 37.6 Å². The van der Waals surface area contributed by atoms with E-state index in [9.17, 15) is 8.42 Å². The van der Waals surface area contributed by atoms with Gasteiger partial charge in [0.2, 0.25) is 10.0 Å². The molecule has 1 heterocycles. The molecule has 0 bridgehead atoms. The summed E-state index contributed by atoms with van der Waals surface area (Å²) in [5.74, 6) is 0. The Balaban J connectivity index is 1.78. The molecule has 0 aliphatic carbocycles. The van der Waals surface area contributed by atoms with Crippen LogP contribution in [0.4, 0.5) is 0 Å². The first-order valence-corrected chi connectivity index (χ1v) is 9.95.